The van der Waals surface area contributed by atoms with Crippen molar-refractivity contribution in [1.82, 2.24) is 24.5 Å². The van der Waals surface area contributed by atoms with Crippen molar-refractivity contribution in [2.24, 2.45) is 11.8 Å². The van der Waals surface area contributed by atoms with Crippen LogP contribution in [0.15, 0.2) is 258 Å². The minimum absolute atomic E-state index is 0.00509. The molecule has 5 saturated heterocycles. The van der Waals surface area contributed by atoms with Crippen molar-refractivity contribution in [3.05, 3.63) is 364 Å². The Kier molecular flexibility index (Phi) is 35.4. The molecule has 0 radical (unpaired) electrons. The largest absolute Gasteiger partial charge is 0.472 e. The zero-order valence-electron chi connectivity index (χ0n) is 73.0. The van der Waals surface area contributed by atoms with Crippen LogP contribution in [0.1, 0.15) is 111 Å². The van der Waals surface area contributed by atoms with Crippen molar-refractivity contribution in [3.8, 4) is 0 Å². The van der Waals surface area contributed by atoms with Gasteiger partial charge in [0.1, 0.15) is 6.26 Å². The summed E-state index contributed by atoms with van der Waals surface area (Å²) >= 11 is 94.6. The standard InChI is InChI=1S/2C21H17Cl3N2O2.C21H21Cl3N2O.C20H19Cl3N2O.C19H19Cl3N2OS/c22-16-3-1-14(2-4-16)20-12-25(21(27)15-7-10-28-13-15)8-9-26(20)19-6-5-17(23)11-18(19)24;22-15-5-3-14(4-6-15)19-13-25(21(27)20-2-1-11-28-20)9-10-26(19)18-8-7-16(23)12-17(18)24;22-16-5-3-15(4-6-16)20-13-25(21(27)11-14-1-2-14)9-10-26(20)19-8-7-17(23)12-18(19)24;21-15-5-3-13(4-6-15)19-12-24(20(26)14-1-2-14)9-10-25(19)18-8-7-16(22)11-17(18)23;1-26-12-19(25)23-8-9-24(17-7-6-15(21)10-16(17)22)18(11-23)13-2-4-14(20)5-3-13/h1-7,10-11,13,20H,8-9,12H2;1-8,11-12,19H,9-10,13H2;3-8,12,14,20H,1-2,9-11,13H2;3-8,11,14,19H,1-2,9-10,12H2;2-7,10,18H,8-9,11-12H2,1H3. The average Bonchev–Trinajstić information content (AvgIpc) is 1.78. The SMILES string of the molecule is CSCC(=O)N1CCN(c2ccc(Cl)cc2Cl)C(c2ccc(Cl)cc2)C1.O=C(C1CC1)N1CCN(c2ccc(Cl)cc2Cl)C(c2ccc(Cl)cc2)C1.O=C(CC1CC1)N1CCN(c2ccc(Cl)cc2Cl)C(c2ccc(Cl)cc2)C1.O=C(c1ccco1)N1CCN(c2ccc(Cl)cc2Cl)C(c2ccc(Cl)cc2)C1.O=C(c1ccoc1)N1CCN(c2ccc(Cl)cc2Cl)C(c2ccc(Cl)cc2)C1. The van der Waals surface area contributed by atoms with Crippen molar-refractivity contribution in [2.75, 3.05) is 135 Å². The molecule has 7 fully saturated rings. The molecular weight excluding hydrogens is 2040 g/mol. The number of rotatable bonds is 17. The third kappa shape index (κ3) is 26.3. The van der Waals surface area contributed by atoms with Gasteiger partial charge in [0.25, 0.3) is 11.8 Å². The Balaban J connectivity index is 0.000000129. The molecule has 19 rings (SSSR count). The zero-order chi connectivity index (χ0) is 95.3. The minimum Gasteiger partial charge on any atom is -0.472 e. The predicted octanol–water partition coefficient (Wildman–Crippen LogP) is 28.6. The van der Waals surface area contributed by atoms with Crippen molar-refractivity contribution >= 4 is 244 Å². The van der Waals surface area contributed by atoms with Gasteiger partial charge in [-0.2, -0.15) is 11.8 Å². The fraction of sp³-hybridized carbons (Fsp3) is 0.284. The van der Waals surface area contributed by atoms with Crippen LogP contribution in [0, 0.1) is 11.8 Å². The average molecular weight is 2130 g/mol. The van der Waals surface area contributed by atoms with Crippen LogP contribution in [0.5, 0.6) is 0 Å². The van der Waals surface area contributed by atoms with E-state index in [-0.39, 0.29) is 65.7 Å². The van der Waals surface area contributed by atoms with Gasteiger partial charge in [-0.15, -0.1) is 0 Å². The van der Waals surface area contributed by atoms with Gasteiger partial charge in [-0.05, 0) is 236 Å². The quantitative estimate of drug-likeness (QED) is 0.0854. The Hall–Kier alpha value is -8.19. The van der Waals surface area contributed by atoms with E-state index in [0.29, 0.717) is 190 Å². The van der Waals surface area contributed by atoms with Gasteiger partial charge in [-0.1, -0.05) is 235 Å². The maximum absolute atomic E-state index is 12.8. The summed E-state index contributed by atoms with van der Waals surface area (Å²) in [6, 6.07) is 71.4. The fourth-order valence-corrected chi connectivity index (χ4v) is 21.1. The number of hydrogen-bond acceptors (Lipinski definition) is 13. The number of carbonyl (C=O) groups excluding carboxylic acids is 5. The van der Waals surface area contributed by atoms with Gasteiger partial charge in [-0.25, -0.2) is 0 Å². The van der Waals surface area contributed by atoms with Gasteiger partial charge in [0, 0.05) is 161 Å². The van der Waals surface area contributed by atoms with Crippen molar-refractivity contribution in [1.29, 1.82) is 0 Å². The first kappa shape index (κ1) is 101. The van der Waals surface area contributed by atoms with E-state index in [1.165, 1.54) is 31.6 Å². The smallest absolute Gasteiger partial charge is 0.289 e. The highest BCUT2D eigenvalue weighted by molar-refractivity contribution is 7.99. The number of amides is 5. The van der Waals surface area contributed by atoms with Gasteiger partial charge >= 0.3 is 0 Å². The second kappa shape index (κ2) is 47.2. The van der Waals surface area contributed by atoms with E-state index >= 15 is 0 Å². The van der Waals surface area contributed by atoms with Gasteiger partial charge < -0.3 is 57.8 Å². The van der Waals surface area contributed by atoms with Gasteiger partial charge in [0.15, 0.2) is 5.76 Å². The molecule has 12 aromatic rings. The molecule has 135 heavy (non-hydrogen) atoms. The summed E-state index contributed by atoms with van der Waals surface area (Å²) < 4.78 is 10.4. The first-order chi connectivity index (χ1) is 65.1. The topological polar surface area (TPSA) is 144 Å². The lowest BCUT2D eigenvalue weighted by molar-refractivity contribution is -0.133. The highest BCUT2D eigenvalue weighted by Crippen LogP contribution is 2.46. The summed E-state index contributed by atoms with van der Waals surface area (Å²) in [6.07, 6.45) is 11.5. The summed E-state index contributed by atoms with van der Waals surface area (Å²) in [4.78, 5) is 84.0. The molecule has 5 atom stereocenters. The van der Waals surface area contributed by atoms with Crippen molar-refractivity contribution < 1.29 is 32.8 Å². The lowest BCUT2D eigenvalue weighted by Gasteiger charge is -2.43. The van der Waals surface area contributed by atoms with Crippen LogP contribution in [0.3, 0.4) is 0 Å². The van der Waals surface area contributed by atoms with Gasteiger partial charge in [0.2, 0.25) is 17.7 Å². The Labute approximate surface area is 865 Å². The lowest BCUT2D eigenvalue weighted by atomic mass is 10.0. The Morgan fingerprint density at radius 3 is 0.881 bits per heavy atom. The van der Waals surface area contributed by atoms with Gasteiger partial charge in [0.05, 0.1) is 108 Å². The van der Waals surface area contributed by atoms with E-state index in [2.05, 4.69) is 24.5 Å². The summed E-state index contributed by atoms with van der Waals surface area (Å²) in [7, 11) is 0. The van der Waals surface area contributed by atoms with Gasteiger partial charge in [-0.3, -0.25) is 24.0 Å². The molecule has 10 aromatic carbocycles. The second-order valence-corrected chi connectivity index (χ2v) is 40.9. The summed E-state index contributed by atoms with van der Waals surface area (Å²) in [5, 5.41) is 9.46. The van der Waals surface area contributed by atoms with Crippen molar-refractivity contribution in [2.45, 2.75) is 62.3 Å². The molecule has 5 unspecified atom stereocenters. The van der Waals surface area contributed by atoms with Crippen LogP contribution in [0.2, 0.25) is 75.3 Å². The third-order valence-electron chi connectivity index (χ3n) is 24.7. The number of thioether (sulfide) groups is 1. The molecule has 7 heterocycles. The fourth-order valence-electron chi connectivity index (χ4n) is 17.4. The van der Waals surface area contributed by atoms with Crippen LogP contribution in [-0.2, 0) is 14.4 Å². The molecule has 2 aliphatic carbocycles. The normalized spacial score (nSPS) is 18.4. The molecule has 0 bridgehead atoms. The molecule has 0 N–H and O–H groups in total. The number of piperazine rings is 5. The predicted molar refractivity (Wildman–Crippen MR) is 557 cm³/mol. The Morgan fingerprint density at radius 1 is 0.311 bits per heavy atom. The van der Waals surface area contributed by atoms with Crippen molar-refractivity contribution in [3.63, 3.8) is 0 Å². The molecular formula is C102H93Cl15N10O7S. The first-order valence-electron chi connectivity index (χ1n) is 43.9. The van der Waals surface area contributed by atoms with Crippen LogP contribution >= 0.6 is 186 Å². The molecule has 2 saturated carbocycles. The highest BCUT2D eigenvalue weighted by atomic mass is 35.5. The number of halogens is 15. The summed E-state index contributed by atoms with van der Waals surface area (Å²) in [5.74, 6) is 2.20. The number of carbonyl (C=O) groups is 5. The molecule has 2 aromatic heterocycles. The second-order valence-electron chi connectivity index (χ2n) is 33.6. The lowest BCUT2D eigenvalue weighted by Crippen LogP contribution is -2.51. The summed E-state index contributed by atoms with van der Waals surface area (Å²) in [6.45, 7) is 9.56. The molecule has 704 valence electrons. The molecule has 33 heteroatoms. The number of nitrogens with zero attached hydrogens (tertiary/aromatic N) is 10. The molecule has 7 aliphatic rings. The summed E-state index contributed by atoms with van der Waals surface area (Å²) in [5.41, 5.74) is 10.6. The molecule has 5 amide bonds. The number of furan rings is 2. The molecule has 5 aliphatic heterocycles. The number of benzene rings is 10. The first-order valence-corrected chi connectivity index (χ1v) is 51.0. The monoisotopic (exact) mass is 2130 g/mol. The minimum atomic E-state index is -0.120. The zero-order valence-corrected chi connectivity index (χ0v) is 85.1. The van der Waals surface area contributed by atoms with E-state index < -0.39 is 0 Å². The van der Waals surface area contributed by atoms with Crippen LogP contribution in [0.4, 0.5) is 28.4 Å². The van der Waals surface area contributed by atoms with Crippen LogP contribution < -0.4 is 24.5 Å². The Morgan fingerprint density at radius 2 is 0.600 bits per heavy atom. The number of anilines is 5. The van der Waals surface area contributed by atoms with E-state index in [1.54, 1.807) is 65.2 Å². The Bertz CT molecular complexity index is 5930. The molecule has 0 spiro atoms. The van der Waals surface area contributed by atoms with Crippen LogP contribution in [-0.4, -0.2) is 164 Å². The molecule has 17 nitrogen and oxygen atoms in total. The maximum atomic E-state index is 12.8. The van der Waals surface area contributed by atoms with E-state index in [0.717, 1.165) is 82.2 Å². The van der Waals surface area contributed by atoms with E-state index in [4.69, 9.17) is 183 Å². The maximum Gasteiger partial charge on any atom is 0.289 e. The number of hydrogen-bond donors (Lipinski definition) is 0. The van der Waals surface area contributed by atoms with E-state index in [1.807, 2.05) is 208 Å². The third-order valence-corrected chi connectivity index (χ3v) is 29.2. The van der Waals surface area contributed by atoms with E-state index in [9.17, 15) is 24.0 Å². The van der Waals surface area contributed by atoms with Crippen LogP contribution in [0.25, 0.3) is 0 Å². The highest BCUT2D eigenvalue weighted by Gasteiger charge is 2.41.